The van der Waals surface area contributed by atoms with Gasteiger partial charge in [-0.05, 0) is 19.1 Å². The van der Waals surface area contributed by atoms with Gasteiger partial charge in [-0.2, -0.15) is 5.10 Å². The van der Waals surface area contributed by atoms with Crippen LogP contribution in [0.3, 0.4) is 0 Å². The summed E-state index contributed by atoms with van der Waals surface area (Å²) in [6.45, 7) is 1.93. The molecule has 1 amide bonds. The largest absolute Gasteiger partial charge is 0.357 e. The number of aromatic nitrogens is 3. The van der Waals surface area contributed by atoms with Gasteiger partial charge in [0.1, 0.15) is 5.69 Å². The van der Waals surface area contributed by atoms with Crippen LogP contribution in [0.2, 0.25) is 0 Å². The van der Waals surface area contributed by atoms with Crippen LogP contribution in [0.15, 0.2) is 30.7 Å². The molecule has 84 valence electrons. The van der Waals surface area contributed by atoms with Gasteiger partial charge in [0.05, 0.1) is 12.2 Å². The Balaban J connectivity index is 2.03. The maximum atomic E-state index is 11.7. The lowest BCUT2D eigenvalue weighted by Crippen LogP contribution is -2.26. The summed E-state index contributed by atoms with van der Waals surface area (Å²) in [5.41, 5.74) is 1.55. The maximum Gasteiger partial charge on any atom is 0.268 e. The fourth-order valence-corrected chi connectivity index (χ4v) is 1.49. The Morgan fingerprint density at radius 2 is 2.44 bits per heavy atom. The van der Waals surface area contributed by atoms with Crippen LogP contribution in [0.4, 0.5) is 0 Å². The minimum Gasteiger partial charge on any atom is -0.357 e. The van der Waals surface area contributed by atoms with Crippen molar-refractivity contribution in [1.29, 1.82) is 0 Å². The number of nitrogens with zero attached hydrogens (tertiary/aromatic N) is 2. The van der Waals surface area contributed by atoms with E-state index < -0.39 is 0 Å². The quantitative estimate of drug-likeness (QED) is 0.814. The molecular weight excluding hydrogens is 204 g/mol. The van der Waals surface area contributed by atoms with E-state index in [1.54, 1.807) is 29.2 Å². The monoisotopic (exact) mass is 218 g/mol. The Morgan fingerprint density at radius 3 is 3.00 bits per heavy atom. The summed E-state index contributed by atoms with van der Waals surface area (Å²) in [5, 5.41) is 6.95. The summed E-state index contributed by atoms with van der Waals surface area (Å²) in [5.74, 6) is -0.110. The predicted octanol–water partition coefficient (Wildman–Crippen LogP) is 1.24. The highest BCUT2D eigenvalue weighted by Crippen LogP contribution is 2.10. The third-order valence-corrected chi connectivity index (χ3v) is 2.42. The van der Waals surface area contributed by atoms with E-state index in [-0.39, 0.29) is 11.9 Å². The lowest BCUT2D eigenvalue weighted by atomic mass is 10.2. The molecule has 2 aromatic heterocycles. The number of aromatic amines is 1. The van der Waals surface area contributed by atoms with Gasteiger partial charge in [-0.1, -0.05) is 0 Å². The summed E-state index contributed by atoms with van der Waals surface area (Å²) in [6, 6.07) is 3.49. The van der Waals surface area contributed by atoms with Gasteiger partial charge in [-0.25, -0.2) is 0 Å². The molecule has 1 atom stereocenters. The van der Waals surface area contributed by atoms with Gasteiger partial charge >= 0.3 is 0 Å². The topological polar surface area (TPSA) is 62.7 Å². The molecule has 0 saturated carbocycles. The number of hydrogen-bond donors (Lipinski definition) is 2. The van der Waals surface area contributed by atoms with Gasteiger partial charge in [-0.15, -0.1) is 0 Å². The molecule has 0 aliphatic carbocycles. The second kappa shape index (κ2) is 4.22. The third kappa shape index (κ3) is 2.13. The minimum atomic E-state index is -0.110. The van der Waals surface area contributed by atoms with Crippen LogP contribution >= 0.6 is 0 Å². The molecular formula is C11H14N4O. The Hall–Kier alpha value is -2.04. The lowest BCUT2D eigenvalue weighted by molar-refractivity contribution is 0.0935. The number of H-pyrrole nitrogens is 1. The molecule has 0 saturated heterocycles. The number of aryl methyl sites for hydroxylation is 1. The first kappa shape index (κ1) is 10.5. The second-order valence-corrected chi connectivity index (χ2v) is 3.73. The average Bonchev–Trinajstić information content (AvgIpc) is 2.87. The molecule has 2 aromatic rings. The highest BCUT2D eigenvalue weighted by atomic mass is 16.1. The number of hydrogen-bond acceptors (Lipinski definition) is 2. The van der Waals surface area contributed by atoms with E-state index in [0.717, 1.165) is 5.56 Å². The molecule has 0 aliphatic rings. The number of nitrogens with one attached hydrogen (secondary N) is 2. The Bertz CT molecular complexity index is 472. The van der Waals surface area contributed by atoms with Crippen molar-refractivity contribution >= 4 is 5.91 Å². The minimum absolute atomic E-state index is 0.0514. The van der Waals surface area contributed by atoms with Crippen LogP contribution in [0.25, 0.3) is 0 Å². The highest BCUT2D eigenvalue weighted by molar-refractivity contribution is 5.92. The van der Waals surface area contributed by atoms with E-state index in [2.05, 4.69) is 15.4 Å². The lowest BCUT2D eigenvalue weighted by Gasteiger charge is -2.10. The maximum absolute atomic E-state index is 11.7. The molecule has 0 bridgehead atoms. The second-order valence-electron chi connectivity index (χ2n) is 3.73. The van der Waals surface area contributed by atoms with Gasteiger partial charge in [0, 0.05) is 25.0 Å². The van der Waals surface area contributed by atoms with E-state index in [4.69, 9.17) is 0 Å². The van der Waals surface area contributed by atoms with Crippen molar-refractivity contribution in [3.8, 4) is 0 Å². The molecule has 5 nitrogen and oxygen atoms in total. The van der Waals surface area contributed by atoms with Crippen molar-refractivity contribution in [1.82, 2.24) is 20.1 Å². The van der Waals surface area contributed by atoms with Crippen molar-refractivity contribution < 1.29 is 4.79 Å². The first-order chi connectivity index (χ1) is 7.66. The number of amides is 1. The summed E-state index contributed by atoms with van der Waals surface area (Å²) in [7, 11) is 1.85. The fourth-order valence-electron chi connectivity index (χ4n) is 1.49. The molecule has 2 N–H and O–H groups in total. The Kier molecular flexibility index (Phi) is 2.76. The summed E-state index contributed by atoms with van der Waals surface area (Å²) < 4.78 is 1.71. The predicted molar refractivity (Wildman–Crippen MR) is 59.9 cm³/mol. The molecule has 0 spiro atoms. The van der Waals surface area contributed by atoms with Crippen LogP contribution in [-0.2, 0) is 7.05 Å². The van der Waals surface area contributed by atoms with Crippen molar-refractivity contribution in [2.75, 3.05) is 0 Å². The summed E-state index contributed by atoms with van der Waals surface area (Å²) in [4.78, 5) is 14.6. The molecule has 5 heteroatoms. The van der Waals surface area contributed by atoms with Crippen LogP contribution in [0.5, 0.6) is 0 Å². The number of carbonyl (C=O) groups excluding carboxylic acids is 1. The molecule has 1 unspecified atom stereocenters. The van der Waals surface area contributed by atoms with E-state index in [0.29, 0.717) is 5.69 Å². The zero-order valence-electron chi connectivity index (χ0n) is 9.27. The van der Waals surface area contributed by atoms with Crippen molar-refractivity contribution in [3.05, 3.63) is 42.0 Å². The van der Waals surface area contributed by atoms with E-state index in [1.165, 1.54) is 0 Å². The van der Waals surface area contributed by atoms with Crippen LogP contribution in [-0.4, -0.2) is 20.7 Å². The molecule has 0 radical (unpaired) electrons. The highest BCUT2D eigenvalue weighted by Gasteiger charge is 2.12. The molecule has 0 aromatic carbocycles. The number of rotatable bonds is 3. The van der Waals surface area contributed by atoms with Crippen molar-refractivity contribution in [3.63, 3.8) is 0 Å². The molecule has 16 heavy (non-hydrogen) atoms. The van der Waals surface area contributed by atoms with Crippen LogP contribution < -0.4 is 5.32 Å². The third-order valence-electron chi connectivity index (χ3n) is 2.42. The van der Waals surface area contributed by atoms with Gasteiger partial charge in [0.25, 0.3) is 5.91 Å². The smallest absolute Gasteiger partial charge is 0.268 e. The fraction of sp³-hybridized carbons (Fsp3) is 0.273. The van der Waals surface area contributed by atoms with E-state index in [9.17, 15) is 4.79 Å². The first-order valence-corrected chi connectivity index (χ1v) is 5.09. The standard InChI is InChI=1S/C11H14N4O/c1-8(9-6-13-15(2)7-9)14-11(16)10-4-3-5-12-10/h3-8,12H,1-2H3,(H,14,16). The first-order valence-electron chi connectivity index (χ1n) is 5.09. The Labute approximate surface area is 93.5 Å². The molecule has 2 rings (SSSR count). The van der Waals surface area contributed by atoms with Crippen LogP contribution in [0.1, 0.15) is 29.0 Å². The van der Waals surface area contributed by atoms with Crippen LogP contribution in [0, 0.1) is 0 Å². The zero-order valence-corrected chi connectivity index (χ0v) is 9.27. The molecule has 0 fully saturated rings. The van der Waals surface area contributed by atoms with Crippen molar-refractivity contribution in [2.45, 2.75) is 13.0 Å². The van der Waals surface area contributed by atoms with Gasteiger partial charge in [0.2, 0.25) is 0 Å². The number of carbonyl (C=O) groups is 1. The molecule has 0 aliphatic heterocycles. The van der Waals surface area contributed by atoms with Gasteiger partial charge in [-0.3, -0.25) is 9.48 Å². The molecule has 2 heterocycles. The normalized spacial score (nSPS) is 12.4. The Morgan fingerprint density at radius 1 is 1.62 bits per heavy atom. The van der Waals surface area contributed by atoms with Gasteiger partial charge in [0.15, 0.2) is 0 Å². The van der Waals surface area contributed by atoms with E-state index in [1.807, 2.05) is 20.2 Å². The van der Waals surface area contributed by atoms with Gasteiger partial charge < -0.3 is 10.3 Å². The zero-order chi connectivity index (χ0) is 11.5. The van der Waals surface area contributed by atoms with E-state index >= 15 is 0 Å². The summed E-state index contributed by atoms with van der Waals surface area (Å²) in [6.07, 6.45) is 5.36. The summed E-state index contributed by atoms with van der Waals surface area (Å²) >= 11 is 0. The van der Waals surface area contributed by atoms with Crippen molar-refractivity contribution in [2.24, 2.45) is 7.05 Å². The SMILES string of the molecule is CC(NC(=O)c1ccc[nH]1)c1cnn(C)c1. The average molecular weight is 218 g/mol.